The maximum atomic E-state index is 12.4. The summed E-state index contributed by atoms with van der Waals surface area (Å²) in [6.07, 6.45) is 6.20. The quantitative estimate of drug-likeness (QED) is 0.845. The van der Waals surface area contributed by atoms with Gasteiger partial charge in [0.2, 0.25) is 5.76 Å². The molecule has 3 heterocycles. The largest absolute Gasteiger partial charge is 0.438 e. The molecule has 2 aromatic rings. The minimum absolute atomic E-state index is 0.0101. The Morgan fingerprint density at radius 3 is 3.09 bits per heavy atom. The van der Waals surface area contributed by atoms with Crippen LogP contribution in [0.1, 0.15) is 28.4 Å². The molecule has 116 valence electrons. The van der Waals surface area contributed by atoms with Crippen LogP contribution in [0.5, 0.6) is 0 Å². The molecular weight excluding hydrogens is 284 g/mol. The van der Waals surface area contributed by atoms with Crippen molar-refractivity contribution in [2.75, 3.05) is 19.7 Å². The fourth-order valence-corrected chi connectivity index (χ4v) is 2.50. The Labute approximate surface area is 128 Å². The third kappa shape index (κ3) is 3.30. The van der Waals surface area contributed by atoms with Crippen LogP contribution in [0.3, 0.4) is 0 Å². The van der Waals surface area contributed by atoms with Gasteiger partial charge in [0.1, 0.15) is 6.33 Å². The Kier molecular flexibility index (Phi) is 4.43. The highest BCUT2D eigenvalue weighted by Gasteiger charge is 2.27. The first-order valence-corrected chi connectivity index (χ1v) is 7.30. The van der Waals surface area contributed by atoms with Crippen LogP contribution < -0.4 is 0 Å². The molecule has 2 aromatic heterocycles. The average Bonchev–Trinajstić information content (AvgIpc) is 2.99. The molecule has 1 atom stereocenters. The molecule has 0 unspecified atom stereocenters. The van der Waals surface area contributed by atoms with E-state index in [1.54, 1.807) is 24.3 Å². The maximum absolute atomic E-state index is 12.4. The smallest absolute Gasteiger partial charge is 0.291 e. The molecule has 0 radical (unpaired) electrons. The fraction of sp³-hybridized carbons (Fsp3) is 0.467. The minimum Gasteiger partial charge on any atom is -0.438 e. The van der Waals surface area contributed by atoms with E-state index in [0.29, 0.717) is 31.2 Å². The van der Waals surface area contributed by atoms with Crippen LogP contribution in [0.25, 0.3) is 0 Å². The number of ether oxygens (including phenoxy) is 1. The topological polar surface area (TPSA) is 81.4 Å². The molecule has 1 amide bonds. The van der Waals surface area contributed by atoms with Crippen LogP contribution in [-0.2, 0) is 11.2 Å². The number of aromatic nitrogens is 3. The number of oxazole rings is 1. The molecule has 22 heavy (non-hydrogen) atoms. The summed E-state index contributed by atoms with van der Waals surface area (Å²) in [6, 6.07) is 1.89. The molecule has 1 aliphatic rings. The second-order valence-corrected chi connectivity index (χ2v) is 5.25. The lowest BCUT2D eigenvalue weighted by molar-refractivity contribution is -0.0256. The summed E-state index contributed by atoms with van der Waals surface area (Å²) in [5, 5.41) is 0. The van der Waals surface area contributed by atoms with Gasteiger partial charge in [0.15, 0.2) is 6.39 Å². The molecule has 0 bridgehead atoms. The number of amides is 1. The number of nitrogens with zero attached hydrogens (tertiary/aromatic N) is 4. The highest BCUT2D eigenvalue weighted by Crippen LogP contribution is 2.15. The van der Waals surface area contributed by atoms with E-state index >= 15 is 0 Å². The zero-order valence-corrected chi connectivity index (χ0v) is 12.4. The normalized spacial score (nSPS) is 18.4. The number of hydrogen-bond acceptors (Lipinski definition) is 6. The van der Waals surface area contributed by atoms with Gasteiger partial charge >= 0.3 is 0 Å². The highest BCUT2D eigenvalue weighted by molar-refractivity contribution is 5.92. The van der Waals surface area contributed by atoms with Crippen molar-refractivity contribution in [2.24, 2.45) is 0 Å². The standard InChI is InChI=1S/C15H18N4O3/c1-11-14(22-10-18-11)15(20)19-6-7-21-13(8-19)3-2-12-4-5-16-9-17-12/h4-5,9-10,13H,2-3,6-8H2,1H3/t13-/m1/s1. The predicted octanol–water partition coefficient (Wildman–Crippen LogP) is 1.25. The van der Waals surface area contributed by atoms with Gasteiger partial charge in [0, 0.05) is 25.0 Å². The van der Waals surface area contributed by atoms with Crippen LogP contribution in [0.2, 0.25) is 0 Å². The summed E-state index contributed by atoms with van der Waals surface area (Å²) in [7, 11) is 0. The summed E-state index contributed by atoms with van der Waals surface area (Å²) < 4.78 is 10.9. The number of hydrogen-bond donors (Lipinski definition) is 0. The van der Waals surface area contributed by atoms with Crippen molar-refractivity contribution in [2.45, 2.75) is 25.9 Å². The number of aryl methyl sites for hydroxylation is 2. The summed E-state index contributed by atoms with van der Waals surface area (Å²) in [5.74, 6) is 0.196. The van der Waals surface area contributed by atoms with Gasteiger partial charge < -0.3 is 14.1 Å². The zero-order valence-electron chi connectivity index (χ0n) is 12.4. The molecular formula is C15H18N4O3. The van der Waals surface area contributed by atoms with Crippen molar-refractivity contribution in [3.8, 4) is 0 Å². The molecule has 1 saturated heterocycles. The molecule has 3 rings (SSSR count). The minimum atomic E-state index is -0.120. The summed E-state index contributed by atoms with van der Waals surface area (Å²) >= 11 is 0. The van der Waals surface area contributed by atoms with Gasteiger partial charge in [0.25, 0.3) is 5.91 Å². The number of rotatable bonds is 4. The molecule has 7 heteroatoms. The first-order chi connectivity index (χ1) is 10.7. The van der Waals surface area contributed by atoms with E-state index in [9.17, 15) is 4.79 Å². The van der Waals surface area contributed by atoms with Crippen molar-refractivity contribution in [1.29, 1.82) is 0 Å². The number of morpholine rings is 1. The maximum Gasteiger partial charge on any atom is 0.291 e. The molecule has 1 fully saturated rings. The molecule has 0 aliphatic carbocycles. The summed E-state index contributed by atoms with van der Waals surface area (Å²) in [6.45, 7) is 3.43. The van der Waals surface area contributed by atoms with Gasteiger partial charge in [-0.1, -0.05) is 0 Å². The van der Waals surface area contributed by atoms with Crippen LogP contribution in [-0.4, -0.2) is 51.6 Å². The number of carbonyl (C=O) groups is 1. The van der Waals surface area contributed by atoms with Crippen LogP contribution in [0, 0.1) is 6.92 Å². The Balaban J connectivity index is 1.57. The highest BCUT2D eigenvalue weighted by atomic mass is 16.5. The van der Waals surface area contributed by atoms with E-state index in [0.717, 1.165) is 18.5 Å². The lowest BCUT2D eigenvalue weighted by Gasteiger charge is -2.32. The molecule has 7 nitrogen and oxygen atoms in total. The zero-order chi connectivity index (χ0) is 15.4. The van der Waals surface area contributed by atoms with Crippen LogP contribution in [0.4, 0.5) is 0 Å². The Bertz CT molecular complexity index is 629. The van der Waals surface area contributed by atoms with Crippen molar-refractivity contribution < 1.29 is 13.9 Å². The second kappa shape index (κ2) is 6.65. The van der Waals surface area contributed by atoms with E-state index < -0.39 is 0 Å². The third-order valence-electron chi connectivity index (χ3n) is 3.73. The molecule has 0 aromatic carbocycles. The summed E-state index contributed by atoms with van der Waals surface area (Å²) in [5.41, 5.74) is 1.60. The second-order valence-electron chi connectivity index (χ2n) is 5.25. The summed E-state index contributed by atoms with van der Waals surface area (Å²) in [4.78, 5) is 26.3. The molecule has 0 N–H and O–H groups in total. The van der Waals surface area contributed by atoms with E-state index in [1.165, 1.54) is 6.39 Å². The Morgan fingerprint density at radius 1 is 1.45 bits per heavy atom. The van der Waals surface area contributed by atoms with Crippen molar-refractivity contribution in [3.05, 3.63) is 42.1 Å². The first-order valence-electron chi connectivity index (χ1n) is 7.30. The number of carbonyl (C=O) groups excluding carboxylic acids is 1. The monoisotopic (exact) mass is 302 g/mol. The average molecular weight is 302 g/mol. The molecule has 0 spiro atoms. The van der Waals surface area contributed by atoms with Gasteiger partial charge in [-0.2, -0.15) is 0 Å². The van der Waals surface area contributed by atoms with Gasteiger partial charge in [-0.15, -0.1) is 0 Å². The van der Waals surface area contributed by atoms with Gasteiger partial charge in [0.05, 0.1) is 18.4 Å². The van der Waals surface area contributed by atoms with Crippen molar-refractivity contribution in [3.63, 3.8) is 0 Å². The molecule has 0 saturated carbocycles. The molecule has 1 aliphatic heterocycles. The first kappa shape index (κ1) is 14.6. The fourth-order valence-electron chi connectivity index (χ4n) is 2.50. The van der Waals surface area contributed by atoms with E-state index in [2.05, 4.69) is 15.0 Å². The van der Waals surface area contributed by atoms with Gasteiger partial charge in [-0.25, -0.2) is 15.0 Å². The van der Waals surface area contributed by atoms with Gasteiger partial charge in [-0.3, -0.25) is 4.79 Å². The lowest BCUT2D eigenvalue weighted by atomic mass is 10.1. The lowest BCUT2D eigenvalue weighted by Crippen LogP contribution is -2.45. The Hall–Kier alpha value is -2.28. The van der Waals surface area contributed by atoms with E-state index in [1.807, 2.05) is 6.07 Å². The van der Waals surface area contributed by atoms with Crippen LogP contribution in [0.15, 0.2) is 29.4 Å². The van der Waals surface area contributed by atoms with Crippen LogP contribution >= 0.6 is 0 Å². The van der Waals surface area contributed by atoms with E-state index in [-0.39, 0.29) is 12.0 Å². The predicted molar refractivity (Wildman–Crippen MR) is 77.2 cm³/mol. The SMILES string of the molecule is Cc1ncoc1C(=O)N1CCO[C@H](CCc2ccncn2)C1. The Morgan fingerprint density at radius 2 is 2.36 bits per heavy atom. The van der Waals surface area contributed by atoms with Crippen molar-refractivity contribution >= 4 is 5.91 Å². The van der Waals surface area contributed by atoms with Gasteiger partial charge in [-0.05, 0) is 25.8 Å². The van der Waals surface area contributed by atoms with E-state index in [4.69, 9.17) is 9.15 Å². The third-order valence-corrected chi connectivity index (χ3v) is 3.73. The van der Waals surface area contributed by atoms with Crippen molar-refractivity contribution in [1.82, 2.24) is 19.9 Å².